The lowest BCUT2D eigenvalue weighted by atomic mass is 9.69. The third kappa shape index (κ3) is 3.04. The molecule has 25 heavy (non-hydrogen) atoms. The van der Waals surface area contributed by atoms with Crippen molar-refractivity contribution >= 4 is 11.9 Å². The summed E-state index contributed by atoms with van der Waals surface area (Å²) in [5, 5.41) is 6.07. The lowest BCUT2D eigenvalue weighted by molar-refractivity contribution is -0.136. The Morgan fingerprint density at radius 3 is 2.44 bits per heavy atom. The van der Waals surface area contributed by atoms with Crippen molar-refractivity contribution in [3.63, 3.8) is 0 Å². The molecule has 2 aliphatic carbocycles. The Hall–Kier alpha value is -1.26. The van der Waals surface area contributed by atoms with E-state index < -0.39 is 6.04 Å². The van der Waals surface area contributed by atoms with Crippen molar-refractivity contribution in [2.45, 2.75) is 91.3 Å². The van der Waals surface area contributed by atoms with Crippen molar-refractivity contribution in [1.29, 1.82) is 0 Å². The van der Waals surface area contributed by atoms with Crippen LogP contribution in [0.25, 0.3) is 0 Å². The summed E-state index contributed by atoms with van der Waals surface area (Å²) in [6.45, 7) is 11.7. The molecule has 0 aromatic heterocycles. The Labute approximate surface area is 152 Å². The Balaban J connectivity index is 1.55. The molecule has 5 heteroatoms. The van der Waals surface area contributed by atoms with Gasteiger partial charge in [-0.1, -0.05) is 20.8 Å². The second-order valence-electron chi connectivity index (χ2n) is 9.38. The molecule has 0 radical (unpaired) electrons. The predicted octanol–water partition coefficient (Wildman–Crippen LogP) is 3.29. The minimum Gasteiger partial charge on any atom is -0.338 e. The molecule has 5 atom stereocenters. The van der Waals surface area contributed by atoms with Crippen molar-refractivity contribution in [2.75, 3.05) is 6.54 Å². The van der Waals surface area contributed by atoms with Gasteiger partial charge in [-0.15, -0.1) is 0 Å². The van der Waals surface area contributed by atoms with Gasteiger partial charge in [0.2, 0.25) is 5.91 Å². The van der Waals surface area contributed by atoms with Crippen LogP contribution in [0, 0.1) is 16.7 Å². The van der Waals surface area contributed by atoms with E-state index in [0.29, 0.717) is 5.92 Å². The molecule has 0 aromatic rings. The number of nitrogens with one attached hydrogen (secondary N) is 2. The summed E-state index contributed by atoms with van der Waals surface area (Å²) < 4.78 is 0. The van der Waals surface area contributed by atoms with E-state index in [2.05, 4.69) is 38.3 Å². The normalized spacial score (nSPS) is 37.6. The van der Waals surface area contributed by atoms with E-state index in [4.69, 9.17) is 0 Å². The van der Waals surface area contributed by atoms with Crippen molar-refractivity contribution in [3.8, 4) is 0 Å². The van der Waals surface area contributed by atoms with E-state index in [-0.39, 0.29) is 34.9 Å². The van der Waals surface area contributed by atoms with Crippen molar-refractivity contribution in [3.05, 3.63) is 0 Å². The number of fused-ring (bicyclic) bond motifs is 2. The molecule has 0 aromatic carbocycles. The SMILES string of the molecule is C[C@H](NC(=O)N[C@@H]1C[C@H]2CC[C@@]1(C)C2(C)C)C(=O)N1CCCC[C@H]1C. The number of likely N-dealkylation sites (tertiary alicyclic amines) is 1. The largest absolute Gasteiger partial charge is 0.338 e. The number of carbonyl (C=O) groups excluding carboxylic acids is 2. The fourth-order valence-corrected chi connectivity index (χ4v) is 5.55. The highest BCUT2D eigenvalue weighted by atomic mass is 16.2. The van der Waals surface area contributed by atoms with E-state index in [0.717, 1.165) is 25.8 Å². The lowest BCUT2D eigenvalue weighted by Crippen LogP contribution is -2.56. The number of hydrogen-bond donors (Lipinski definition) is 2. The van der Waals surface area contributed by atoms with Gasteiger partial charge in [0.05, 0.1) is 0 Å². The maximum Gasteiger partial charge on any atom is 0.315 e. The topological polar surface area (TPSA) is 61.4 Å². The lowest BCUT2D eigenvalue weighted by Gasteiger charge is -2.39. The molecule has 1 aliphatic heterocycles. The summed E-state index contributed by atoms with van der Waals surface area (Å²) in [5.41, 5.74) is 0.430. The molecule has 1 saturated heterocycles. The molecule has 5 nitrogen and oxygen atoms in total. The van der Waals surface area contributed by atoms with Gasteiger partial charge in [0.15, 0.2) is 0 Å². The van der Waals surface area contributed by atoms with Gasteiger partial charge < -0.3 is 15.5 Å². The van der Waals surface area contributed by atoms with E-state index in [1.54, 1.807) is 6.92 Å². The molecule has 3 aliphatic rings. The Bertz CT molecular complexity index is 547. The van der Waals surface area contributed by atoms with Crippen LogP contribution in [0.2, 0.25) is 0 Å². The Kier molecular flexibility index (Phi) is 4.80. The fourth-order valence-electron chi connectivity index (χ4n) is 5.55. The van der Waals surface area contributed by atoms with Gasteiger partial charge in [-0.3, -0.25) is 4.79 Å². The predicted molar refractivity (Wildman–Crippen MR) is 99.2 cm³/mol. The average Bonchev–Trinajstić information content (AvgIpc) is 2.88. The van der Waals surface area contributed by atoms with Gasteiger partial charge in [0.1, 0.15) is 6.04 Å². The minimum absolute atomic E-state index is 0.0434. The van der Waals surface area contributed by atoms with Gasteiger partial charge in [0, 0.05) is 18.6 Å². The average molecular weight is 350 g/mol. The number of carbonyl (C=O) groups is 2. The highest BCUT2D eigenvalue weighted by Crippen LogP contribution is 2.65. The van der Waals surface area contributed by atoms with Crippen LogP contribution in [0.3, 0.4) is 0 Å². The number of hydrogen-bond acceptors (Lipinski definition) is 2. The molecular formula is C20H35N3O2. The van der Waals surface area contributed by atoms with Crippen LogP contribution in [-0.2, 0) is 4.79 Å². The van der Waals surface area contributed by atoms with E-state index in [1.165, 1.54) is 19.3 Å². The van der Waals surface area contributed by atoms with Gasteiger partial charge in [-0.2, -0.15) is 0 Å². The summed E-state index contributed by atoms with van der Waals surface area (Å²) in [5.74, 6) is 0.734. The van der Waals surface area contributed by atoms with Gasteiger partial charge in [-0.05, 0) is 69.1 Å². The van der Waals surface area contributed by atoms with Crippen molar-refractivity contribution in [1.82, 2.24) is 15.5 Å². The highest BCUT2D eigenvalue weighted by molar-refractivity contribution is 5.87. The standard InChI is InChI=1S/C20H35N3O2/c1-13-8-6-7-11-23(13)17(24)14(2)21-18(25)22-16-12-15-9-10-20(16,5)19(15,3)4/h13-16H,6-12H2,1-5H3,(H2,21,22,25)/t13-,14+,15-,16-,20-/m1/s1. The summed E-state index contributed by atoms with van der Waals surface area (Å²) in [4.78, 5) is 27.1. The number of nitrogens with zero attached hydrogens (tertiary/aromatic N) is 1. The summed E-state index contributed by atoms with van der Waals surface area (Å²) >= 11 is 0. The van der Waals surface area contributed by atoms with Crippen LogP contribution in [0.5, 0.6) is 0 Å². The molecule has 2 bridgehead atoms. The number of urea groups is 1. The van der Waals surface area contributed by atoms with Crippen LogP contribution < -0.4 is 10.6 Å². The second-order valence-corrected chi connectivity index (χ2v) is 9.38. The first-order chi connectivity index (χ1) is 11.7. The summed E-state index contributed by atoms with van der Waals surface area (Å²) in [6.07, 6.45) is 6.81. The highest BCUT2D eigenvalue weighted by Gasteiger charge is 2.61. The van der Waals surface area contributed by atoms with Crippen molar-refractivity contribution in [2.24, 2.45) is 16.7 Å². The Morgan fingerprint density at radius 1 is 1.16 bits per heavy atom. The molecule has 3 fully saturated rings. The van der Waals surface area contributed by atoms with E-state index in [9.17, 15) is 9.59 Å². The third-order valence-electron chi connectivity index (χ3n) is 7.90. The smallest absolute Gasteiger partial charge is 0.315 e. The number of amides is 3. The fraction of sp³-hybridized carbons (Fsp3) is 0.900. The van der Waals surface area contributed by atoms with Crippen LogP contribution in [0.1, 0.15) is 73.1 Å². The van der Waals surface area contributed by atoms with E-state index in [1.807, 2.05) is 4.90 Å². The summed E-state index contributed by atoms with van der Waals surface area (Å²) in [7, 11) is 0. The van der Waals surface area contributed by atoms with Gasteiger partial charge in [-0.25, -0.2) is 4.79 Å². The van der Waals surface area contributed by atoms with Crippen LogP contribution in [0.4, 0.5) is 4.79 Å². The minimum atomic E-state index is -0.472. The third-order valence-corrected chi connectivity index (χ3v) is 7.90. The monoisotopic (exact) mass is 349 g/mol. The molecule has 142 valence electrons. The first-order valence-electron chi connectivity index (χ1n) is 10.0. The zero-order valence-electron chi connectivity index (χ0n) is 16.5. The van der Waals surface area contributed by atoms with Crippen molar-refractivity contribution < 1.29 is 9.59 Å². The summed E-state index contributed by atoms with van der Waals surface area (Å²) in [6, 6.07) is -0.184. The first-order valence-corrected chi connectivity index (χ1v) is 10.0. The molecule has 3 amide bonds. The second kappa shape index (κ2) is 6.48. The van der Waals surface area contributed by atoms with Crippen LogP contribution in [0.15, 0.2) is 0 Å². The number of piperidine rings is 1. The molecule has 1 heterocycles. The molecule has 3 rings (SSSR count). The molecule has 0 unspecified atom stereocenters. The first kappa shape index (κ1) is 18.5. The number of rotatable bonds is 3. The van der Waals surface area contributed by atoms with Gasteiger partial charge >= 0.3 is 6.03 Å². The molecule has 2 saturated carbocycles. The maximum absolute atomic E-state index is 12.7. The zero-order valence-corrected chi connectivity index (χ0v) is 16.5. The molecule has 2 N–H and O–H groups in total. The Morgan fingerprint density at radius 2 is 1.88 bits per heavy atom. The zero-order chi connectivity index (χ0) is 18.4. The maximum atomic E-state index is 12.7. The van der Waals surface area contributed by atoms with E-state index >= 15 is 0 Å². The van der Waals surface area contributed by atoms with Crippen LogP contribution >= 0.6 is 0 Å². The quantitative estimate of drug-likeness (QED) is 0.821. The molecule has 0 spiro atoms. The molecular weight excluding hydrogens is 314 g/mol. The van der Waals surface area contributed by atoms with Gasteiger partial charge in [0.25, 0.3) is 0 Å². The van der Waals surface area contributed by atoms with Crippen LogP contribution in [-0.4, -0.2) is 41.5 Å².